The molecule has 2 heterocycles. The van der Waals surface area contributed by atoms with Crippen molar-refractivity contribution >= 4 is 70.9 Å². The monoisotopic (exact) mass is 434 g/mol. The van der Waals surface area contributed by atoms with Crippen LogP contribution in [0, 0.1) is 0 Å². The average Bonchev–Trinajstić information content (AvgIpc) is 3.46. The van der Waals surface area contributed by atoms with Gasteiger partial charge in [-0.25, -0.2) is 0 Å². The molecule has 0 spiro atoms. The van der Waals surface area contributed by atoms with Crippen LogP contribution in [0.4, 0.5) is 0 Å². The van der Waals surface area contributed by atoms with Crippen molar-refractivity contribution in [1.29, 1.82) is 0 Å². The molecule has 1 N–H and O–H groups in total. The average molecular weight is 435 g/mol. The number of H-pyrrole nitrogens is 1. The summed E-state index contributed by atoms with van der Waals surface area (Å²) < 4.78 is 2.55. The van der Waals surface area contributed by atoms with Gasteiger partial charge in [0.25, 0.3) is 0 Å². The highest BCUT2D eigenvalue weighted by molar-refractivity contribution is 6.39. The second kappa shape index (κ2) is 6.61. The van der Waals surface area contributed by atoms with Gasteiger partial charge < -0.3 is 9.55 Å². The number of nitrogens with one attached hydrogen (secondary N) is 1. The Morgan fingerprint density at radius 2 is 1.41 bits per heavy atom. The van der Waals surface area contributed by atoms with Crippen molar-refractivity contribution in [1.82, 2.24) is 9.55 Å². The molecule has 160 valence electrons. The van der Waals surface area contributed by atoms with Crippen LogP contribution >= 0.6 is 0 Å². The Balaban J connectivity index is 1.79. The second-order valence-corrected chi connectivity index (χ2v) is 9.33. The van der Waals surface area contributed by atoms with E-state index in [-0.39, 0.29) is 0 Å². The predicted molar refractivity (Wildman–Crippen MR) is 146 cm³/mol. The number of fused-ring (bicyclic) bond motifs is 12. The van der Waals surface area contributed by atoms with Crippen LogP contribution in [0.5, 0.6) is 0 Å². The van der Waals surface area contributed by atoms with E-state index in [1.54, 1.807) is 0 Å². The maximum absolute atomic E-state index is 3.78. The second-order valence-electron chi connectivity index (χ2n) is 9.33. The number of benzene rings is 5. The summed E-state index contributed by atoms with van der Waals surface area (Å²) in [7, 11) is 0. The van der Waals surface area contributed by atoms with E-state index in [1.807, 2.05) is 0 Å². The third-order valence-electron chi connectivity index (χ3n) is 7.55. The number of nitrogens with zero attached hydrogens (tertiary/aromatic N) is 1. The van der Waals surface area contributed by atoms with E-state index < -0.39 is 0 Å². The summed E-state index contributed by atoms with van der Waals surface area (Å²) in [6.07, 6.45) is 8.89. The van der Waals surface area contributed by atoms with Crippen LogP contribution in [0.3, 0.4) is 0 Å². The van der Waals surface area contributed by atoms with Crippen LogP contribution in [0.15, 0.2) is 103 Å². The maximum atomic E-state index is 3.78. The molecule has 2 nitrogen and oxygen atoms in total. The lowest BCUT2D eigenvalue weighted by Crippen LogP contribution is -1.99. The Labute approximate surface area is 196 Å². The first kappa shape index (κ1) is 18.2. The number of rotatable bonds is 1. The summed E-state index contributed by atoms with van der Waals surface area (Å²) in [6.45, 7) is 0. The first-order valence-corrected chi connectivity index (χ1v) is 12.0. The van der Waals surface area contributed by atoms with Crippen LogP contribution in [-0.2, 0) is 0 Å². The Hall–Kier alpha value is -4.30. The third-order valence-corrected chi connectivity index (χ3v) is 7.55. The molecule has 5 aromatic carbocycles. The molecule has 0 radical (unpaired) electrons. The molecular weight excluding hydrogens is 412 g/mol. The summed E-state index contributed by atoms with van der Waals surface area (Å²) in [5.74, 6) is 0. The molecule has 0 unspecified atom stereocenters. The van der Waals surface area contributed by atoms with Crippen molar-refractivity contribution in [3.63, 3.8) is 0 Å². The Bertz CT molecular complexity index is 2010. The lowest BCUT2D eigenvalue weighted by molar-refractivity contribution is 0.981. The van der Waals surface area contributed by atoms with Crippen LogP contribution in [0.2, 0.25) is 0 Å². The van der Waals surface area contributed by atoms with Crippen molar-refractivity contribution in [2.45, 2.75) is 12.8 Å². The van der Waals surface area contributed by atoms with Crippen molar-refractivity contribution in [3.8, 4) is 0 Å². The zero-order valence-corrected chi connectivity index (χ0v) is 18.7. The van der Waals surface area contributed by atoms with Gasteiger partial charge in [0.2, 0.25) is 0 Å². The molecule has 0 atom stereocenters. The van der Waals surface area contributed by atoms with Gasteiger partial charge in [-0.2, -0.15) is 0 Å². The van der Waals surface area contributed by atoms with Gasteiger partial charge in [0.05, 0.1) is 16.6 Å². The molecule has 0 fully saturated rings. The third kappa shape index (κ3) is 2.25. The Morgan fingerprint density at radius 3 is 2.26 bits per heavy atom. The van der Waals surface area contributed by atoms with E-state index in [2.05, 4.69) is 113 Å². The van der Waals surface area contributed by atoms with E-state index >= 15 is 0 Å². The molecule has 0 amide bonds. The molecule has 2 heteroatoms. The van der Waals surface area contributed by atoms with E-state index in [4.69, 9.17) is 0 Å². The van der Waals surface area contributed by atoms with Gasteiger partial charge >= 0.3 is 0 Å². The first-order chi connectivity index (χ1) is 16.9. The lowest BCUT2D eigenvalue weighted by atomic mass is 9.97. The number of para-hydroxylation sites is 1. The Kier molecular flexibility index (Phi) is 3.53. The molecule has 0 saturated carbocycles. The summed E-state index contributed by atoms with van der Waals surface area (Å²) >= 11 is 0. The molecule has 7 aromatic rings. The topological polar surface area (TPSA) is 20.7 Å². The predicted octanol–water partition coefficient (Wildman–Crippen LogP) is 8.93. The van der Waals surface area contributed by atoms with Crippen molar-refractivity contribution in [2.24, 2.45) is 0 Å². The van der Waals surface area contributed by atoms with Crippen LogP contribution in [0.1, 0.15) is 12.8 Å². The van der Waals surface area contributed by atoms with Crippen molar-refractivity contribution in [3.05, 3.63) is 103 Å². The van der Waals surface area contributed by atoms with Gasteiger partial charge in [-0.15, -0.1) is 0 Å². The highest BCUT2D eigenvalue weighted by Gasteiger charge is 2.23. The molecule has 8 rings (SSSR count). The first-order valence-electron chi connectivity index (χ1n) is 12.0. The van der Waals surface area contributed by atoms with Gasteiger partial charge in [0, 0.05) is 38.1 Å². The van der Waals surface area contributed by atoms with E-state index in [9.17, 15) is 0 Å². The fourth-order valence-corrected chi connectivity index (χ4v) is 6.14. The van der Waals surface area contributed by atoms with Crippen LogP contribution in [0.25, 0.3) is 70.9 Å². The van der Waals surface area contributed by atoms with Gasteiger partial charge in [-0.1, -0.05) is 84.9 Å². The summed E-state index contributed by atoms with van der Waals surface area (Å²) in [6, 6.07) is 31.0. The molecule has 1 aliphatic carbocycles. The van der Waals surface area contributed by atoms with Crippen LogP contribution < -0.4 is 0 Å². The highest BCUT2D eigenvalue weighted by Crippen LogP contribution is 2.46. The summed E-state index contributed by atoms with van der Waals surface area (Å²) in [5, 5.41) is 10.5. The largest absolute Gasteiger partial charge is 0.354 e. The van der Waals surface area contributed by atoms with E-state index in [0.29, 0.717) is 0 Å². The quantitative estimate of drug-likeness (QED) is 0.266. The zero-order chi connectivity index (χ0) is 22.2. The molecule has 2 aromatic heterocycles. The standard InChI is InChI=1S/C32H22N2/c1-2-11-21(12-3-1)34-27-19-18-20-10-4-5-13-22(20)28(27)29-23-14-6-7-15-24(23)31-30(32(29)34)25-16-8-9-17-26(25)33-31/h1-2,4-11,13-19,33H,3,12H2. The number of allylic oxidation sites excluding steroid dienone is 4. The number of aromatic nitrogens is 2. The minimum Gasteiger partial charge on any atom is -0.354 e. The molecule has 0 saturated heterocycles. The maximum Gasteiger partial charge on any atom is 0.0644 e. The zero-order valence-electron chi connectivity index (χ0n) is 18.7. The normalized spacial score (nSPS) is 14.3. The van der Waals surface area contributed by atoms with Crippen molar-refractivity contribution < 1.29 is 0 Å². The fraction of sp³-hybridized carbons (Fsp3) is 0.0625. The number of hydrogen-bond acceptors (Lipinski definition) is 0. The minimum atomic E-state index is 1.04. The minimum absolute atomic E-state index is 1.04. The molecule has 1 aliphatic rings. The van der Waals surface area contributed by atoms with Gasteiger partial charge in [-0.3, -0.25) is 0 Å². The Morgan fingerprint density at radius 1 is 0.647 bits per heavy atom. The van der Waals surface area contributed by atoms with Crippen molar-refractivity contribution in [2.75, 3.05) is 0 Å². The van der Waals surface area contributed by atoms with E-state index in [1.165, 1.54) is 70.9 Å². The molecular formula is C32H22N2. The summed E-state index contributed by atoms with van der Waals surface area (Å²) in [4.78, 5) is 3.78. The lowest BCUT2D eigenvalue weighted by Gasteiger charge is -2.15. The fourth-order valence-electron chi connectivity index (χ4n) is 6.14. The summed E-state index contributed by atoms with van der Waals surface area (Å²) in [5.41, 5.74) is 6.39. The number of hydrogen-bond donors (Lipinski definition) is 1. The molecule has 0 aliphatic heterocycles. The van der Waals surface area contributed by atoms with Crippen LogP contribution in [-0.4, -0.2) is 9.55 Å². The van der Waals surface area contributed by atoms with Gasteiger partial charge in [0.1, 0.15) is 0 Å². The van der Waals surface area contributed by atoms with Gasteiger partial charge in [0.15, 0.2) is 0 Å². The van der Waals surface area contributed by atoms with E-state index in [0.717, 1.165) is 12.8 Å². The van der Waals surface area contributed by atoms with Gasteiger partial charge in [-0.05, 0) is 47.2 Å². The number of aromatic amines is 1. The molecule has 34 heavy (non-hydrogen) atoms. The SMILES string of the molecule is C1=CCCC(n2c3ccc4ccccc4c3c3c4ccccc4c4[nH]c5ccccc5c4c32)=C1. The molecule has 0 bridgehead atoms. The highest BCUT2D eigenvalue weighted by atomic mass is 15.0. The smallest absolute Gasteiger partial charge is 0.0644 e.